The standard InChI is InChI=1S/C24H29N3O6S/c1-3-11-27-21-10-9-18(34(29,30)26-12-14-31-15-13-26)16-20(21)25-23(27)17-33-24(28)19-7-5-6-8-22(19)32-4-2/h5-10,16H,3-4,11-15,17H2,1-2H3. The van der Waals surface area contributed by atoms with Crippen molar-refractivity contribution in [3.05, 3.63) is 53.9 Å². The predicted octanol–water partition coefficient (Wildman–Crippen LogP) is 3.22. The minimum atomic E-state index is -3.64. The van der Waals surface area contributed by atoms with Gasteiger partial charge in [0.15, 0.2) is 0 Å². The first-order chi connectivity index (χ1) is 16.5. The first-order valence-corrected chi connectivity index (χ1v) is 12.9. The number of carbonyl (C=O) groups excluding carboxylic acids is 1. The molecule has 0 atom stereocenters. The maximum Gasteiger partial charge on any atom is 0.342 e. The molecular weight excluding hydrogens is 458 g/mol. The molecule has 1 aromatic heterocycles. The maximum absolute atomic E-state index is 13.1. The third kappa shape index (κ3) is 4.94. The molecule has 182 valence electrons. The summed E-state index contributed by atoms with van der Waals surface area (Å²) in [5.41, 5.74) is 1.69. The number of esters is 1. The van der Waals surface area contributed by atoms with Crippen LogP contribution in [0.15, 0.2) is 47.4 Å². The van der Waals surface area contributed by atoms with Gasteiger partial charge in [0.1, 0.15) is 23.7 Å². The number of aromatic nitrogens is 2. The molecule has 0 N–H and O–H groups in total. The number of hydrogen-bond acceptors (Lipinski definition) is 7. The molecule has 0 bridgehead atoms. The predicted molar refractivity (Wildman–Crippen MR) is 126 cm³/mol. The van der Waals surface area contributed by atoms with Crippen LogP contribution in [0.25, 0.3) is 11.0 Å². The number of nitrogens with zero attached hydrogens (tertiary/aromatic N) is 3. The Bertz CT molecular complexity index is 1260. The molecule has 1 saturated heterocycles. The average Bonchev–Trinajstić information content (AvgIpc) is 3.20. The topological polar surface area (TPSA) is 100.0 Å². The van der Waals surface area contributed by atoms with E-state index in [1.807, 2.05) is 18.4 Å². The summed E-state index contributed by atoms with van der Waals surface area (Å²) in [5.74, 6) is 0.518. The van der Waals surface area contributed by atoms with E-state index in [-0.39, 0.29) is 11.5 Å². The lowest BCUT2D eigenvalue weighted by Crippen LogP contribution is -2.40. The van der Waals surface area contributed by atoms with Gasteiger partial charge in [-0.2, -0.15) is 4.31 Å². The average molecular weight is 488 g/mol. The fourth-order valence-corrected chi connectivity index (χ4v) is 5.39. The molecule has 3 aromatic rings. The highest BCUT2D eigenvalue weighted by Gasteiger charge is 2.27. The summed E-state index contributed by atoms with van der Waals surface area (Å²) in [6, 6.07) is 11.9. The molecule has 9 nitrogen and oxygen atoms in total. The molecule has 1 fully saturated rings. The zero-order valence-corrected chi connectivity index (χ0v) is 20.2. The van der Waals surface area contributed by atoms with Crippen LogP contribution in [-0.4, -0.2) is 61.2 Å². The molecule has 0 saturated carbocycles. The number of aryl methyl sites for hydroxylation is 1. The molecule has 1 aliphatic rings. The van der Waals surface area contributed by atoms with E-state index in [1.165, 1.54) is 4.31 Å². The minimum Gasteiger partial charge on any atom is -0.493 e. The Labute approximate surface area is 199 Å². The SMILES string of the molecule is CCCn1c(COC(=O)c2ccccc2OCC)nc2cc(S(=O)(=O)N3CCOCC3)ccc21. The summed E-state index contributed by atoms with van der Waals surface area (Å²) >= 11 is 0. The van der Waals surface area contributed by atoms with Crippen molar-refractivity contribution in [2.24, 2.45) is 0 Å². The Hall–Kier alpha value is -2.95. The van der Waals surface area contributed by atoms with E-state index in [1.54, 1.807) is 42.5 Å². The van der Waals surface area contributed by atoms with Gasteiger partial charge in [0.25, 0.3) is 0 Å². The summed E-state index contributed by atoms with van der Waals surface area (Å²) in [6.45, 7) is 6.37. The first kappa shape index (κ1) is 24.2. The smallest absolute Gasteiger partial charge is 0.342 e. The van der Waals surface area contributed by atoms with Crippen LogP contribution in [0.3, 0.4) is 0 Å². The number of sulfonamides is 1. The Morgan fingerprint density at radius 2 is 1.88 bits per heavy atom. The maximum atomic E-state index is 13.1. The Morgan fingerprint density at radius 3 is 2.62 bits per heavy atom. The van der Waals surface area contributed by atoms with E-state index < -0.39 is 16.0 Å². The van der Waals surface area contributed by atoms with Gasteiger partial charge >= 0.3 is 5.97 Å². The number of benzene rings is 2. The van der Waals surface area contributed by atoms with Crippen molar-refractivity contribution in [1.82, 2.24) is 13.9 Å². The lowest BCUT2D eigenvalue weighted by molar-refractivity contribution is 0.0454. The molecule has 0 amide bonds. The van der Waals surface area contributed by atoms with Gasteiger partial charge in [-0.15, -0.1) is 0 Å². The van der Waals surface area contributed by atoms with Crippen molar-refractivity contribution in [1.29, 1.82) is 0 Å². The van der Waals surface area contributed by atoms with Crippen LogP contribution in [0.1, 0.15) is 36.5 Å². The van der Waals surface area contributed by atoms with E-state index in [9.17, 15) is 13.2 Å². The van der Waals surface area contributed by atoms with E-state index in [4.69, 9.17) is 14.2 Å². The normalized spacial score (nSPS) is 14.9. The van der Waals surface area contributed by atoms with Crippen LogP contribution in [-0.2, 0) is 32.6 Å². The van der Waals surface area contributed by atoms with Crippen LogP contribution < -0.4 is 4.74 Å². The number of hydrogen-bond donors (Lipinski definition) is 0. The lowest BCUT2D eigenvalue weighted by atomic mass is 10.2. The van der Waals surface area contributed by atoms with E-state index in [0.717, 1.165) is 11.9 Å². The summed E-state index contributed by atoms with van der Waals surface area (Å²) in [5, 5.41) is 0. The van der Waals surface area contributed by atoms with Gasteiger partial charge in [0, 0.05) is 19.6 Å². The Morgan fingerprint density at radius 1 is 1.12 bits per heavy atom. The first-order valence-electron chi connectivity index (χ1n) is 11.4. The van der Waals surface area contributed by atoms with Crippen LogP contribution in [0.2, 0.25) is 0 Å². The second kappa shape index (κ2) is 10.5. The van der Waals surface area contributed by atoms with Gasteiger partial charge in [-0.3, -0.25) is 0 Å². The number of imidazole rings is 1. The van der Waals surface area contributed by atoms with Gasteiger partial charge in [0.2, 0.25) is 10.0 Å². The molecule has 4 rings (SSSR count). The molecule has 0 unspecified atom stereocenters. The number of fused-ring (bicyclic) bond motifs is 1. The van der Waals surface area contributed by atoms with Gasteiger partial charge < -0.3 is 18.8 Å². The summed E-state index contributed by atoms with van der Waals surface area (Å²) in [4.78, 5) is 17.5. The molecule has 2 aromatic carbocycles. The molecule has 10 heteroatoms. The van der Waals surface area contributed by atoms with Crippen LogP contribution in [0.5, 0.6) is 5.75 Å². The third-order valence-corrected chi connectivity index (χ3v) is 7.49. The monoisotopic (exact) mass is 487 g/mol. The van der Waals surface area contributed by atoms with Crippen LogP contribution in [0.4, 0.5) is 0 Å². The summed E-state index contributed by atoms with van der Waals surface area (Å²) in [6.07, 6.45) is 0.841. The zero-order valence-electron chi connectivity index (χ0n) is 19.4. The fourth-order valence-electron chi connectivity index (χ4n) is 3.96. The quantitative estimate of drug-likeness (QED) is 0.427. The van der Waals surface area contributed by atoms with Gasteiger partial charge in [-0.05, 0) is 43.7 Å². The number of morpholine rings is 1. The minimum absolute atomic E-state index is 0.0421. The highest BCUT2D eigenvalue weighted by Crippen LogP contribution is 2.25. The van der Waals surface area contributed by atoms with E-state index in [2.05, 4.69) is 4.98 Å². The van der Waals surface area contributed by atoms with Crippen molar-refractivity contribution in [2.45, 2.75) is 38.3 Å². The second-order valence-electron chi connectivity index (χ2n) is 7.85. The molecule has 0 aliphatic carbocycles. The van der Waals surface area contributed by atoms with Crippen LogP contribution in [0, 0.1) is 0 Å². The van der Waals surface area contributed by atoms with E-state index >= 15 is 0 Å². The third-order valence-electron chi connectivity index (χ3n) is 5.59. The number of para-hydroxylation sites is 1. The van der Waals surface area contributed by atoms with Crippen molar-refractivity contribution in [3.63, 3.8) is 0 Å². The van der Waals surface area contributed by atoms with Crippen molar-refractivity contribution in [2.75, 3.05) is 32.9 Å². The number of carbonyl (C=O) groups is 1. The van der Waals surface area contributed by atoms with Crippen molar-refractivity contribution in [3.8, 4) is 5.75 Å². The highest BCUT2D eigenvalue weighted by molar-refractivity contribution is 7.89. The lowest BCUT2D eigenvalue weighted by Gasteiger charge is -2.26. The summed E-state index contributed by atoms with van der Waals surface area (Å²) < 4.78 is 45.9. The molecule has 0 radical (unpaired) electrons. The largest absolute Gasteiger partial charge is 0.493 e. The number of ether oxygens (including phenoxy) is 3. The molecule has 0 spiro atoms. The van der Waals surface area contributed by atoms with Gasteiger partial charge in [-0.1, -0.05) is 19.1 Å². The Kier molecular flexibility index (Phi) is 7.50. The second-order valence-corrected chi connectivity index (χ2v) is 9.79. The fraction of sp³-hybridized carbons (Fsp3) is 0.417. The molecule has 34 heavy (non-hydrogen) atoms. The molecule has 1 aliphatic heterocycles. The van der Waals surface area contributed by atoms with Crippen molar-refractivity contribution >= 4 is 27.0 Å². The van der Waals surface area contributed by atoms with Crippen molar-refractivity contribution < 1.29 is 27.4 Å². The summed E-state index contributed by atoms with van der Waals surface area (Å²) in [7, 11) is -3.64. The number of rotatable bonds is 9. The van der Waals surface area contributed by atoms with Crippen LogP contribution >= 0.6 is 0 Å². The highest BCUT2D eigenvalue weighted by atomic mass is 32.2. The van der Waals surface area contributed by atoms with Gasteiger partial charge in [-0.25, -0.2) is 18.2 Å². The zero-order chi connectivity index (χ0) is 24.1. The molecular formula is C24H29N3O6S. The molecule has 2 heterocycles. The Balaban J connectivity index is 1.60. The van der Waals surface area contributed by atoms with E-state index in [0.29, 0.717) is 62.1 Å². The van der Waals surface area contributed by atoms with Gasteiger partial charge in [0.05, 0.1) is 35.7 Å².